The van der Waals surface area contributed by atoms with E-state index in [-0.39, 0.29) is 10.0 Å². The van der Waals surface area contributed by atoms with Gasteiger partial charge in [0, 0.05) is 11.6 Å². The van der Waals surface area contributed by atoms with Crippen LogP contribution in [-0.2, 0) is 0 Å². The minimum absolute atomic E-state index is 0.165. The smallest absolute Gasteiger partial charge is 0.151 e. The molecular formula is C8H6BrFO2. The number of carbonyl (C=O) groups is 1. The monoisotopic (exact) mass is 232 g/mol. The van der Waals surface area contributed by atoms with E-state index >= 15 is 0 Å². The van der Waals surface area contributed by atoms with E-state index in [1.54, 1.807) is 0 Å². The zero-order chi connectivity index (χ0) is 9.14. The summed E-state index contributed by atoms with van der Waals surface area (Å²) in [6, 6.07) is 2.66. The summed E-state index contributed by atoms with van der Waals surface area (Å²) in [6.07, 6.45) is 0.565. The van der Waals surface area contributed by atoms with Crippen molar-refractivity contribution in [2.24, 2.45) is 0 Å². The van der Waals surface area contributed by atoms with Gasteiger partial charge in [0.05, 0.1) is 11.6 Å². The predicted molar refractivity (Wildman–Crippen MR) is 46.0 cm³/mol. The number of rotatable bonds is 2. The zero-order valence-corrected chi connectivity index (χ0v) is 7.89. The van der Waals surface area contributed by atoms with Gasteiger partial charge in [-0.3, -0.25) is 4.79 Å². The van der Waals surface area contributed by atoms with Crippen LogP contribution in [0.2, 0.25) is 0 Å². The largest absolute Gasteiger partial charge is 0.497 e. The Morgan fingerprint density at radius 2 is 2.25 bits per heavy atom. The van der Waals surface area contributed by atoms with Crippen LogP contribution in [0, 0.1) is 5.82 Å². The SMILES string of the molecule is COc1cc(F)c(Br)c(C=O)c1. The molecule has 0 aliphatic heterocycles. The fourth-order valence-electron chi connectivity index (χ4n) is 0.788. The average Bonchev–Trinajstić information content (AvgIpc) is 2.09. The van der Waals surface area contributed by atoms with Crippen molar-refractivity contribution in [2.75, 3.05) is 7.11 Å². The molecule has 0 amide bonds. The molecule has 4 heteroatoms. The summed E-state index contributed by atoms with van der Waals surface area (Å²) < 4.78 is 17.9. The summed E-state index contributed by atoms with van der Waals surface area (Å²) >= 11 is 2.94. The predicted octanol–water partition coefficient (Wildman–Crippen LogP) is 2.41. The molecule has 0 fully saturated rings. The normalized spacial score (nSPS) is 9.58. The van der Waals surface area contributed by atoms with Crippen molar-refractivity contribution in [2.45, 2.75) is 0 Å². The Balaban J connectivity index is 3.28. The maximum Gasteiger partial charge on any atom is 0.151 e. The van der Waals surface area contributed by atoms with Gasteiger partial charge in [-0.1, -0.05) is 0 Å². The summed E-state index contributed by atoms with van der Waals surface area (Å²) in [4.78, 5) is 10.4. The van der Waals surface area contributed by atoms with Gasteiger partial charge >= 0.3 is 0 Å². The molecular weight excluding hydrogens is 227 g/mol. The Morgan fingerprint density at radius 1 is 1.58 bits per heavy atom. The number of hydrogen-bond donors (Lipinski definition) is 0. The van der Waals surface area contributed by atoms with Crippen LogP contribution in [-0.4, -0.2) is 13.4 Å². The van der Waals surface area contributed by atoms with E-state index in [4.69, 9.17) is 4.74 Å². The first-order valence-electron chi connectivity index (χ1n) is 3.17. The van der Waals surface area contributed by atoms with Crippen LogP contribution >= 0.6 is 15.9 Å². The summed E-state index contributed by atoms with van der Waals surface area (Å²) in [5, 5.41) is 0. The molecule has 0 bridgehead atoms. The minimum atomic E-state index is -0.503. The van der Waals surface area contributed by atoms with Crippen LogP contribution in [0.25, 0.3) is 0 Å². The van der Waals surface area contributed by atoms with E-state index in [1.165, 1.54) is 19.2 Å². The van der Waals surface area contributed by atoms with Gasteiger partial charge in [-0.2, -0.15) is 0 Å². The Hall–Kier alpha value is -0.900. The number of hydrogen-bond acceptors (Lipinski definition) is 2. The highest BCUT2D eigenvalue weighted by Crippen LogP contribution is 2.24. The van der Waals surface area contributed by atoms with Crippen molar-refractivity contribution in [3.63, 3.8) is 0 Å². The Kier molecular flexibility index (Phi) is 2.81. The van der Waals surface area contributed by atoms with E-state index in [0.29, 0.717) is 12.0 Å². The van der Waals surface area contributed by atoms with Crippen LogP contribution in [0.4, 0.5) is 4.39 Å². The van der Waals surface area contributed by atoms with E-state index in [1.807, 2.05) is 0 Å². The van der Waals surface area contributed by atoms with Crippen molar-refractivity contribution >= 4 is 22.2 Å². The molecule has 1 rings (SSSR count). The number of halogens is 2. The Morgan fingerprint density at radius 3 is 2.75 bits per heavy atom. The van der Waals surface area contributed by atoms with Crippen molar-refractivity contribution in [1.29, 1.82) is 0 Å². The van der Waals surface area contributed by atoms with Gasteiger partial charge in [0.15, 0.2) is 6.29 Å². The second kappa shape index (κ2) is 3.67. The minimum Gasteiger partial charge on any atom is -0.497 e. The second-order valence-corrected chi connectivity index (χ2v) is 2.92. The van der Waals surface area contributed by atoms with Gasteiger partial charge in [-0.25, -0.2) is 4.39 Å². The highest BCUT2D eigenvalue weighted by Gasteiger charge is 2.07. The molecule has 2 nitrogen and oxygen atoms in total. The lowest BCUT2D eigenvalue weighted by molar-refractivity contribution is 0.112. The molecule has 0 spiro atoms. The van der Waals surface area contributed by atoms with E-state index in [0.717, 1.165) is 0 Å². The third-order valence-electron chi connectivity index (χ3n) is 1.39. The number of benzene rings is 1. The van der Waals surface area contributed by atoms with Crippen LogP contribution < -0.4 is 4.74 Å². The topological polar surface area (TPSA) is 26.3 Å². The zero-order valence-electron chi connectivity index (χ0n) is 6.30. The summed E-state index contributed by atoms with van der Waals surface area (Å²) in [6.45, 7) is 0. The maximum absolute atomic E-state index is 12.9. The van der Waals surface area contributed by atoms with Crippen LogP contribution in [0.15, 0.2) is 16.6 Å². The highest BCUT2D eigenvalue weighted by molar-refractivity contribution is 9.10. The van der Waals surface area contributed by atoms with Crippen LogP contribution in [0.5, 0.6) is 5.75 Å². The number of carbonyl (C=O) groups excluding carboxylic acids is 1. The lowest BCUT2D eigenvalue weighted by Gasteiger charge is -2.02. The fourth-order valence-corrected chi connectivity index (χ4v) is 1.11. The van der Waals surface area contributed by atoms with Gasteiger partial charge < -0.3 is 4.74 Å². The molecule has 1 aromatic rings. The molecule has 64 valence electrons. The first-order valence-corrected chi connectivity index (χ1v) is 3.96. The third kappa shape index (κ3) is 1.64. The molecule has 0 radical (unpaired) electrons. The molecule has 1 aromatic carbocycles. The lowest BCUT2D eigenvalue weighted by Crippen LogP contribution is -1.90. The van der Waals surface area contributed by atoms with Crippen molar-refractivity contribution in [3.05, 3.63) is 28.0 Å². The van der Waals surface area contributed by atoms with Gasteiger partial charge in [-0.05, 0) is 22.0 Å². The van der Waals surface area contributed by atoms with E-state index in [2.05, 4.69) is 15.9 Å². The molecule has 0 heterocycles. The van der Waals surface area contributed by atoms with Crippen molar-refractivity contribution < 1.29 is 13.9 Å². The molecule has 0 saturated carbocycles. The van der Waals surface area contributed by atoms with Crippen LogP contribution in [0.3, 0.4) is 0 Å². The molecule has 0 unspecified atom stereocenters. The summed E-state index contributed by atoms with van der Waals surface area (Å²) in [5.41, 5.74) is 0.242. The molecule has 0 aliphatic carbocycles. The summed E-state index contributed by atoms with van der Waals surface area (Å²) in [5.74, 6) is -0.172. The number of methoxy groups -OCH3 is 1. The average molecular weight is 233 g/mol. The standard InChI is InChI=1S/C8H6BrFO2/c1-12-6-2-5(4-11)8(9)7(10)3-6/h2-4H,1H3. The number of ether oxygens (including phenoxy) is 1. The lowest BCUT2D eigenvalue weighted by atomic mass is 10.2. The molecule has 12 heavy (non-hydrogen) atoms. The Labute approximate surface area is 77.5 Å². The second-order valence-electron chi connectivity index (χ2n) is 2.13. The van der Waals surface area contributed by atoms with Gasteiger partial charge in [0.1, 0.15) is 11.6 Å². The molecule has 0 N–H and O–H groups in total. The highest BCUT2D eigenvalue weighted by atomic mass is 79.9. The Bertz CT molecular complexity index is 312. The summed E-state index contributed by atoms with van der Waals surface area (Å²) in [7, 11) is 1.41. The van der Waals surface area contributed by atoms with E-state index < -0.39 is 5.82 Å². The van der Waals surface area contributed by atoms with Gasteiger partial charge in [0.25, 0.3) is 0 Å². The fraction of sp³-hybridized carbons (Fsp3) is 0.125. The molecule has 0 atom stereocenters. The molecule has 0 saturated heterocycles. The quantitative estimate of drug-likeness (QED) is 0.733. The van der Waals surface area contributed by atoms with Crippen LogP contribution in [0.1, 0.15) is 10.4 Å². The van der Waals surface area contributed by atoms with Gasteiger partial charge in [0.2, 0.25) is 0 Å². The van der Waals surface area contributed by atoms with Gasteiger partial charge in [-0.15, -0.1) is 0 Å². The maximum atomic E-state index is 12.9. The first-order chi connectivity index (χ1) is 5.69. The third-order valence-corrected chi connectivity index (χ3v) is 2.23. The van der Waals surface area contributed by atoms with Crippen molar-refractivity contribution in [3.8, 4) is 5.75 Å². The molecule has 0 aromatic heterocycles. The first kappa shape index (κ1) is 9.19. The van der Waals surface area contributed by atoms with E-state index in [9.17, 15) is 9.18 Å². The number of aldehydes is 1. The van der Waals surface area contributed by atoms with Crippen molar-refractivity contribution in [1.82, 2.24) is 0 Å². The molecule has 0 aliphatic rings.